The monoisotopic (exact) mass is 250 g/mol. The van der Waals surface area contributed by atoms with Gasteiger partial charge in [0, 0.05) is 12.8 Å². The highest BCUT2D eigenvalue weighted by Crippen LogP contribution is 2.05. The number of carbonyl (C=O) groups is 3. The molecule has 18 heavy (non-hydrogen) atoms. The summed E-state index contributed by atoms with van der Waals surface area (Å²) in [7, 11) is 0. The molecule has 0 aromatic rings. The molecule has 100 valence electrons. The highest BCUT2D eigenvalue weighted by Gasteiger charge is 2.00. The molecule has 0 fully saturated rings. The van der Waals surface area contributed by atoms with Crippen molar-refractivity contribution in [3.8, 4) is 0 Å². The lowest BCUT2D eigenvalue weighted by Crippen LogP contribution is -1.96. The van der Waals surface area contributed by atoms with Gasteiger partial charge in [-0.3, -0.25) is 14.4 Å². The van der Waals surface area contributed by atoms with Crippen molar-refractivity contribution in [1.29, 1.82) is 0 Å². The summed E-state index contributed by atoms with van der Waals surface area (Å²) in [5.41, 5.74) is 0. The maximum Gasteiger partial charge on any atom is 0.152 e. The van der Waals surface area contributed by atoms with Crippen LogP contribution >= 0.6 is 0 Å². The Kier molecular flexibility index (Phi) is 9.74. The predicted octanol–water partition coefficient (Wildman–Crippen LogP) is 3.19. The second-order valence-electron chi connectivity index (χ2n) is 4.35. The summed E-state index contributed by atoms with van der Waals surface area (Å²) in [6.45, 7) is 3.02. The Bertz CT molecular complexity index is 306. The predicted molar refractivity (Wildman–Crippen MR) is 72.4 cm³/mol. The maximum atomic E-state index is 11.5. The summed E-state index contributed by atoms with van der Waals surface area (Å²) in [5.74, 6) is 0.333. The van der Waals surface area contributed by atoms with Crippen LogP contribution in [0.4, 0.5) is 0 Å². The number of carbonyl (C=O) groups excluding carboxylic acids is 3. The van der Waals surface area contributed by atoms with E-state index in [1.807, 2.05) is 12.2 Å². The molecule has 0 heterocycles. The van der Waals surface area contributed by atoms with Gasteiger partial charge in [0.25, 0.3) is 0 Å². The van der Waals surface area contributed by atoms with Crippen molar-refractivity contribution in [1.82, 2.24) is 0 Å². The van der Waals surface area contributed by atoms with Crippen LogP contribution in [0.1, 0.15) is 52.4 Å². The van der Waals surface area contributed by atoms with E-state index in [2.05, 4.69) is 0 Å². The third kappa shape index (κ3) is 12.6. The van der Waals surface area contributed by atoms with Crippen molar-refractivity contribution in [2.45, 2.75) is 52.4 Å². The van der Waals surface area contributed by atoms with Crippen LogP contribution in [-0.2, 0) is 14.4 Å². The number of hydrogen-bond acceptors (Lipinski definition) is 3. The molecule has 0 saturated heterocycles. The fourth-order valence-corrected chi connectivity index (χ4v) is 1.46. The number of Topliss-reactive ketones (excluding diaryl/α,β-unsaturated/α-hetero) is 1. The van der Waals surface area contributed by atoms with E-state index in [0.717, 1.165) is 25.7 Å². The van der Waals surface area contributed by atoms with Crippen molar-refractivity contribution >= 4 is 17.3 Å². The summed E-state index contributed by atoms with van der Waals surface area (Å²) in [6.07, 6.45) is 11.0. The maximum absolute atomic E-state index is 11.5. The van der Waals surface area contributed by atoms with E-state index in [4.69, 9.17) is 0 Å². The Balaban J connectivity index is 3.49. The van der Waals surface area contributed by atoms with E-state index in [0.29, 0.717) is 12.8 Å². The molecule has 0 aromatic heterocycles. The smallest absolute Gasteiger partial charge is 0.152 e. The van der Waals surface area contributed by atoms with Crippen LogP contribution in [0.15, 0.2) is 24.3 Å². The summed E-state index contributed by atoms with van der Waals surface area (Å²) >= 11 is 0. The molecule has 0 radical (unpaired) electrons. The standard InChI is InChI=1S/C15H22O3/c1-13(16)9-5-3-7-11-15(18)12-8-4-6-10-14(2)17/h5-6,9-10H,3-4,7-8,11-12H2,1-2H3/b9-5+,10-6+. The molecular formula is C15H22O3. The minimum atomic E-state index is 0.0404. The van der Waals surface area contributed by atoms with Crippen molar-refractivity contribution in [2.75, 3.05) is 0 Å². The third-order valence-corrected chi connectivity index (χ3v) is 2.36. The second kappa shape index (κ2) is 10.6. The van der Waals surface area contributed by atoms with E-state index in [1.54, 1.807) is 0 Å². The normalized spacial score (nSPS) is 11.2. The van der Waals surface area contributed by atoms with Gasteiger partial charge in [-0.15, -0.1) is 0 Å². The minimum absolute atomic E-state index is 0.0404. The minimum Gasteiger partial charge on any atom is -0.300 e. The molecule has 3 heteroatoms. The fraction of sp³-hybridized carbons (Fsp3) is 0.533. The molecule has 0 aliphatic carbocycles. The van der Waals surface area contributed by atoms with Crippen molar-refractivity contribution in [3.05, 3.63) is 24.3 Å². The first-order chi connectivity index (χ1) is 8.52. The summed E-state index contributed by atoms with van der Waals surface area (Å²) < 4.78 is 0. The molecule has 0 aliphatic rings. The van der Waals surface area contributed by atoms with Gasteiger partial charge in [-0.2, -0.15) is 0 Å². The van der Waals surface area contributed by atoms with Gasteiger partial charge in [-0.05, 0) is 51.7 Å². The Morgan fingerprint density at radius 2 is 1.17 bits per heavy atom. The van der Waals surface area contributed by atoms with Crippen LogP contribution in [-0.4, -0.2) is 17.3 Å². The Labute approximate surface area is 109 Å². The van der Waals surface area contributed by atoms with Crippen LogP contribution in [0, 0.1) is 0 Å². The van der Waals surface area contributed by atoms with Crippen LogP contribution in [0.2, 0.25) is 0 Å². The van der Waals surface area contributed by atoms with E-state index < -0.39 is 0 Å². The molecule has 0 amide bonds. The Hall–Kier alpha value is -1.51. The van der Waals surface area contributed by atoms with E-state index in [-0.39, 0.29) is 17.3 Å². The lowest BCUT2D eigenvalue weighted by atomic mass is 10.1. The van der Waals surface area contributed by atoms with Crippen LogP contribution in [0.25, 0.3) is 0 Å². The number of rotatable bonds is 10. The lowest BCUT2D eigenvalue weighted by Gasteiger charge is -1.97. The molecule has 0 spiro atoms. The molecule has 0 unspecified atom stereocenters. The van der Waals surface area contributed by atoms with Crippen LogP contribution in [0.5, 0.6) is 0 Å². The number of allylic oxidation sites excluding steroid dienone is 4. The summed E-state index contributed by atoms with van der Waals surface area (Å²) in [4.78, 5) is 32.7. The lowest BCUT2D eigenvalue weighted by molar-refractivity contribution is -0.119. The molecule has 0 bridgehead atoms. The Morgan fingerprint density at radius 1 is 0.778 bits per heavy atom. The highest BCUT2D eigenvalue weighted by atomic mass is 16.1. The van der Waals surface area contributed by atoms with Gasteiger partial charge in [0.2, 0.25) is 0 Å². The largest absolute Gasteiger partial charge is 0.300 e. The molecule has 0 atom stereocenters. The molecule has 0 N–H and O–H groups in total. The average Bonchev–Trinajstić information content (AvgIpc) is 2.27. The van der Waals surface area contributed by atoms with Gasteiger partial charge in [0.05, 0.1) is 0 Å². The molecular weight excluding hydrogens is 228 g/mol. The first kappa shape index (κ1) is 16.5. The first-order valence-corrected chi connectivity index (χ1v) is 6.38. The first-order valence-electron chi connectivity index (χ1n) is 6.38. The van der Waals surface area contributed by atoms with Gasteiger partial charge in [0.1, 0.15) is 5.78 Å². The average molecular weight is 250 g/mol. The van der Waals surface area contributed by atoms with Gasteiger partial charge in [-0.25, -0.2) is 0 Å². The zero-order valence-corrected chi connectivity index (χ0v) is 11.3. The molecule has 0 aromatic carbocycles. The Morgan fingerprint density at radius 3 is 1.50 bits per heavy atom. The number of hydrogen-bond donors (Lipinski definition) is 0. The van der Waals surface area contributed by atoms with Gasteiger partial charge in [-0.1, -0.05) is 12.2 Å². The van der Waals surface area contributed by atoms with Crippen molar-refractivity contribution in [2.24, 2.45) is 0 Å². The zero-order valence-electron chi connectivity index (χ0n) is 11.3. The topological polar surface area (TPSA) is 51.2 Å². The zero-order chi connectivity index (χ0) is 13.8. The number of ketones is 3. The second-order valence-corrected chi connectivity index (χ2v) is 4.35. The molecule has 0 rings (SSSR count). The molecule has 3 nitrogen and oxygen atoms in total. The third-order valence-electron chi connectivity index (χ3n) is 2.36. The van der Waals surface area contributed by atoms with Crippen LogP contribution < -0.4 is 0 Å². The van der Waals surface area contributed by atoms with E-state index in [1.165, 1.54) is 26.0 Å². The summed E-state index contributed by atoms with van der Waals surface area (Å²) in [5, 5.41) is 0. The SMILES string of the molecule is CC(=O)/C=C/CCCC(=O)CCC/C=C/C(C)=O. The van der Waals surface area contributed by atoms with Gasteiger partial charge in [0.15, 0.2) is 11.6 Å². The number of unbranched alkanes of at least 4 members (excludes halogenated alkanes) is 2. The fourth-order valence-electron chi connectivity index (χ4n) is 1.46. The van der Waals surface area contributed by atoms with Gasteiger partial charge >= 0.3 is 0 Å². The molecule has 0 aliphatic heterocycles. The highest BCUT2D eigenvalue weighted by molar-refractivity contribution is 5.87. The van der Waals surface area contributed by atoms with Crippen molar-refractivity contribution in [3.63, 3.8) is 0 Å². The van der Waals surface area contributed by atoms with Gasteiger partial charge < -0.3 is 0 Å². The van der Waals surface area contributed by atoms with Crippen LogP contribution in [0.3, 0.4) is 0 Å². The molecule has 0 saturated carbocycles. The van der Waals surface area contributed by atoms with E-state index >= 15 is 0 Å². The summed E-state index contributed by atoms with van der Waals surface area (Å²) in [6, 6.07) is 0. The quantitative estimate of drug-likeness (QED) is 0.442. The van der Waals surface area contributed by atoms with Crippen molar-refractivity contribution < 1.29 is 14.4 Å². The van der Waals surface area contributed by atoms with E-state index in [9.17, 15) is 14.4 Å².